The first-order chi connectivity index (χ1) is 13.6. The molecule has 0 saturated carbocycles. The van der Waals surface area contributed by atoms with Crippen molar-refractivity contribution in [3.8, 4) is 0 Å². The Hall–Kier alpha value is -0.980. The number of rotatable bonds is 3. The van der Waals surface area contributed by atoms with Gasteiger partial charge >= 0.3 is 10.3 Å². The molecule has 0 atom stereocenters. The van der Waals surface area contributed by atoms with Gasteiger partial charge in [0.2, 0.25) is 0 Å². The van der Waals surface area contributed by atoms with Crippen LogP contribution >= 0.6 is 43.2 Å². The van der Waals surface area contributed by atoms with E-state index in [4.69, 9.17) is 5.73 Å². The number of hydrogen-bond acceptors (Lipinski definition) is 5. The molecule has 1 fully saturated rings. The van der Waals surface area contributed by atoms with Crippen LogP contribution in [0.2, 0.25) is 0 Å². The number of thiophene rings is 1. The van der Waals surface area contributed by atoms with E-state index in [1.165, 1.54) is 11.3 Å². The van der Waals surface area contributed by atoms with Gasteiger partial charge in [-0.05, 0) is 68.0 Å². The van der Waals surface area contributed by atoms with Crippen LogP contribution in [0.15, 0.2) is 32.5 Å². The fourth-order valence-electron chi connectivity index (χ4n) is 4.18. The Morgan fingerprint density at radius 3 is 2.48 bits per heavy atom. The van der Waals surface area contributed by atoms with Crippen molar-refractivity contribution >= 4 is 65.1 Å². The van der Waals surface area contributed by atoms with E-state index in [1.807, 2.05) is 6.07 Å². The highest BCUT2D eigenvalue weighted by atomic mass is 79.9. The van der Waals surface area contributed by atoms with Crippen LogP contribution in [0.25, 0.3) is 0 Å². The molecular weight excluding hydrogens is 546 g/mol. The van der Waals surface area contributed by atoms with Crippen molar-refractivity contribution in [2.75, 3.05) is 23.9 Å². The van der Waals surface area contributed by atoms with Gasteiger partial charge in [0.05, 0.1) is 14.4 Å². The van der Waals surface area contributed by atoms with E-state index in [2.05, 4.69) is 31.9 Å². The van der Waals surface area contributed by atoms with E-state index in [0.717, 1.165) is 23.7 Å². The molecule has 156 valence electrons. The first kappa shape index (κ1) is 21.3. The molecule has 0 radical (unpaired) electrons. The van der Waals surface area contributed by atoms with Crippen molar-refractivity contribution in [2.45, 2.75) is 24.8 Å². The van der Waals surface area contributed by atoms with E-state index in [1.54, 1.807) is 23.1 Å². The minimum Gasteiger partial charge on any atom is -0.338 e. The lowest BCUT2D eigenvalue weighted by Crippen LogP contribution is -2.47. The van der Waals surface area contributed by atoms with Crippen LogP contribution in [-0.2, 0) is 22.3 Å². The quantitative estimate of drug-likeness (QED) is 0.555. The standard InChI is InChI=1S/C18H19Br2N3O4S2/c19-13-8-15(28-16(13)20)17(24)22-5-3-18(4-6-22)10-23(29(25,26)27)14-2-1-11(9-21)7-12(14)18/h1-2,7-8H,3-6,9-10,21H2,(H,25,26,27). The maximum Gasteiger partial charge on any atom is 0.360 e. The van der Waals surface area contributed by atoms with Crippen LogP contribution in [-0.4, -0.2) is 43.4 Å². The number of carbonyl (C=O) groups excluding carboxylic acids is 1. The Bertz CT molecular complexity index is 1060. The maximum absolute atomic E-state index is 12.9. The van der Waals surface area contributed by atoms with Gasteiger partial charge in [0.25, 0.3) is 5.91 Å². The summed E-state index contributed by atoms with van der Waals surface area (Å²) in [6.07, 6.45) is 1.22. The summed E-state index contributed by atoms with van der Waals surface area (Å²) in [5, 5.41) is 0. The van der Waals surface area contributed by atoms with Crippen molar-refractivity contribution in [2.24, 2.45) is 5.73 Å². The molecule has 1 amide bonds. The molecule has 0 bridgehead atoms. The van der Waals surface area contributed by atoms with Crippen LogP contribution in [0.5, 0.6) is 0 Å². The zero-order chi connectivity index (χ0) is 21.0. The van der Waals surface area contributed by atoms with Crippen LogP contribution in [0.4, 0.5) is 5.69 Å². The third-order valence-electron chi connectivity index (χ3n) is 5.73. The lowest BCUT2D eigenvalue weighted by atomic mass is 9.74. The highest BCUT2D eigenvalue weighted by molar-refractivity contribution is 9.13. The molecule has 1 aromatic carbocycles. The van der Waals surface area contributed by atoms with Gasteiger partial charge in [0.15, 0.2) is 0 Å². The van der Waals surface area contributed by atoms with Gasteiger partial charge in [-0.3, -0.25) is 9.35 Å². The van der Waals surface area contributed by atoms with Gasteiger partial charge in [0, 0.05) is 36.1 Å². The van der Waals surface area contributed by atoms with Crippen molar-refractivity contribution in [1.82, 2.24) is 4.90 Å². The fourth-order valence-corrected chi connectivity index (χ4v) is 7.00. The largest absolute Gasteiger partial charge is 0.360 e. The number of nitrogens with two attached hydrogens (primary N) is 1. The number of benzene rings is 1. The Morgan fingerprint density at radius 1 is 1.24 bits per heavy atom. The Labute approximate surface area is 190 Å². The molecule has 3 N–H and O–H groups in total. The number of piperidine rings is 1. The number of hydrogen-bond donors (Lipinski definition) is 2. The number of carbonyl (C=O) groups is 1. The van der Waals surface area contributed by atoms with Crippen molar-refractivity contribution in [3.63, 3.8) is 0 Å². The molecule has 1 aromatic heterocycles. The maximum atomic E-state index is 12.9. The Morgan fingerprint density at radius 2 is 1.93 bits per heavy atom. The molecule has 0 aliphatic carbocycles. The first-order valence-corrected chi connectivity index (χ1v) is 12.8. The molecule has 1 saturated heterocycles. The molecular formula is C18H19Br2N3O4S2. The smallest absolute Gasteiger partial charge is 0.338 e. The highest BCUT2D eigenvalue weighted by Gasteiger charge is 2.48. The summed E-state index contributed by atoms with van der Waals surface area (Å²) in [6, 6.07) is 7.23. The molecule has 29 heavy (non-hydrogen) atoms. The number of halogens is 2. The third kappa shape index (κ3) is 3.77. The van der Waals surface area contributed by atoms with E-state index in [-0.39, 0.29) is 12.5 Å². The zero-order valence-electron chi connectivity index (χ0n) is 15.3. The van der Waals surface area contributed by atoms with E-state index in [0.29, 0.717) is 43.0 Å². The van der Waals surface area contributed by atoms with Crippen LogP contribution in [0, 0.1) is 0 Å². The zero-order valence-corrected chi connectivity index (χ0v) is 20.1. The second-order valence-corrected chi connectivity index (χ2v) is 11.9. The molecule has 0 unspecified atom stereocenters. The lowest BCUT2D eigenvalue weighted by molar-refractivity contribution is 0.0679. The van der Waals surface area contributed by atoms with Crippen molar-refractivity contribution in [3.05, 3.63) is 48.5 Å². The molecule has 2 aliphatic rings. The molecule has 2 aromatic rings. The average Bonchev–Trinajstić information content (AvgIpc) is 3.19. The summed E-state index contributed by atoms with van der Waals surface area (Å²) in [5.41, 5.74) is 7.63. The SMILES string of the molecule is NCc1ccc2c(c1)C1(CCN(C(=O)c3cc(Br)c(Br)s3)CC1)CN2S(=O)(=O)O. The van der Waals surface area contributed by atoms with E-state index in [9.17, 15) is 17.8 Å². The molecule has 2 aliphatic heterocycles. The number of likely N-dealkylation sites (tertiary alicyclic amines) is 1. The number of anilines is 1. The van der Waals surface area contributed by atoms with Gasteiger partial charge in [-0.15, -0.1) is 11.3 Å². The fraction of sp³-hybridized carbons (Fsp3) is 0.389. The minimum absolute atomic E-state index is 0.0307. The average molecular weight is 565 g/mol. The Balaban J connectivity index is 1.61. The summed E-state index contributed by atoms with van der Waals surface area (Å²) in [7, 11) is -4.37. The molecule has 1 spiro atoms. The summed E-state index contributed by atoms with van der Waals surface area (Å²) in [4.78, 5) is 15.3. The number of fused-ring (bicyclic) bond motifs is 2. The second kappa shape index (κ2) is 7.61. The van der Waals surface area contributed by atoms with E-state index >= 15 is 0 Å². The highest BCUT2D eigenvalue weighted by Crippen LogP contribution is 2.48. The van der Waals surface area contributed by atoms with Gasteiger partial charge in [-0.2, -0.15) is 8.42 Å². The third-order valence-corrected chi connectivity index (χ3v) is 9.85. The molecule has 11 heteroatoms. The summed E-state index contributed by atoms with van der Waals surface area (Å²) in [5.74, 6) is -0.0307. The monoisotopic (exact) mass is 563 g/mol. The molecule has 7 nitrogen and oxygen atoms in total. The van der Waals surface area contributed by atoms with Crippen molar-refractivity contribution < 1.29 is 17.8 Å². The van der Waals surface area contributed by atoms with Gasteiger partial charge in [0.1, 0.15) is 0 Å². The predicted molar refractivity (Wildman–Crippen MR) is 120 cm³/mol. The Kier molecular flexibility index (Phi) is 5.58. The van der Waals surface area contributed by atoms with Crippen LogP contribution in [0.1, 0.15) is 33.6 Å². The number of amides is 1. The summed E-state index contributed by atoms with van der Waals surface area (Å²) >= 11 is 8.21. The lowest BCUT2D eigenvalue weighted by Gasteiger charge is -2.39. The first-order valence-electron chi connectivity index (χ1n) is 8.97. The molecule has 3 heterocycles. The minimum atomic E-state index is -4.37. The van der Waals surface area contributed by atoms with Gasteiger partial charge in [-0.1, -0.05) is 12.1 Å². The van der Waals surface area contributed by atoms with Crippen LogP contribution < -0.4 is 10.0 Å². The predicted octanol–water partition coefficient (Wildman–Crippen LogP) is 3.53. The molecule has 4 rings (SSSR count). The summed E-state index contributed by atoms with van der Waals surface area (Å²) < 4.78 is 36.4. The van der Waals surface area contributed by atoms with E-state index < -0.39 is 15.7 Å². The normalized spacial score (nSPS) is 18.3. The van der Waals surface area contributed by atoms with Gasteiger partial charge < -0.3 is 10.6 Å². The topological polar surface area (TPSA) is 104 Å². The van der Waals surface area contributed by atoms with Crippen molar-refractivity contribution in [1.29, 1.82) is 0 Å². The second-order valence-electron chi connectivity index (χ2n) is 7.34. The summed E-state index contributed by atoms with van der Waals surface area (Å²) in [6.45, 7) is 1.55. The van der Waals surface area contributed by atoms with Gasteiger partial charge in [-0.25, -0.2) is 4.31 Å². The number of nitrogens with zero attached hydrogens (tertiary/aromatic N) is 2. The van der Waals surface area contributed by atoms with Crippen LogP contribution in [0.3, 0.4) is 0 Å².